The molecule has 1 aromatic carbocycles. The van der Waals surface area contributed by atoms with Gasteiger partial charge in [-0.1, -0.05) is 36.0 Å². The number of nitrogens with two attached hydrogens (primary N) is 1. The molecule has 1 aromatic heterocycles. The maximum absolute atomic E-state index is 12.7. The van der Waals surface area contributed by atoms with E-state index < -0.39 is 14.0 Å². The van der Waals surface area contributed by atoms with Crippen molar-refractivity contribution in [2.45, 2.75) is 28.0 Å². The molecule has 0 amide bonds. The smallest absolute Gasteiger partial charge is 0.206 e. The van der Waals surface area contributed by atoms with E-state index in [2.05, 4.69) is 4.98 Å². The van der Waals surface area contributed by atoms with Gasteiger partial charge in [0, 0.05) is 6.20 Å². The molecule has 0 saturated heterocycles. The summed E-state index contributed by atoms with van der Waals surface area (Å²) in [5, 5.41) is 0.578. The zero-order chi connectivity index (χ0) is 14.8. The first-order valence-electron chi connectivity index (χ1n) is 6.04. The summed E-state index contributed by atoms with van der Waals surface area (Å²) in [6.07, 6.45) is 1.61. The minimum absolute atomic E-state index is 0.258. The zero-order valence-electron chi connectivity index (χ0n) is 11.3. The molecule has 2 rings (SSSR count). The fourth-order valence-corrected chi connectivity index (χ4v) is 4.57. The number of hydrogen-bond acceptors (Lipinski definition) is 5. The molecule has 0 fully saturated rings. The quantitative estimate of drug-likeness (QED) is 0.694. The number of hydrogen-bond donors (Lipinski definition) is 1. The summed E-state index contributed by atoms with van der Waals surface area (Å²) in [6.45, 7) is 3.25. The maximum Gasteiger partial charge on any atom is 0.206 e. The summed E-state index contributed by atoms with van der Waals surface area (Å²) < 4.78 is 23.9. The van der Waals surface area contributed by atoms with Crippen LogP contribution in [0.1, 0.15) is 12.5 Å². The molecule has 0 bridgehead atoms. The highest BCUT2D eigenvalue weighted by Crippen LogP contribution is 2.36. The van der Waals surface area contributed by atoms with Gasteiger partial charge in [-0.3, -0.25) is 0 Å². The Morgan fingerprint density at radius 1 is 1.15 bits per heavy atom. The minimum Gasteiger partial charge on any atom is -0.304 e. The molecule has 6 heteroatoms. The van der Waals surface area contributed by atoms with E-state index in [1.165, 1.54) is 6.92 Å². The lowest BCUT2D eigenvalue weighted by molar-refractivity contribution is 0.578. The number of aromatic nitrogens is 1. The van der Waals surface area contributed by atoms with Crippen molar-refractivity contribution in [3.8, 4) is 0 Å². The number of pyridine rings is 1. The third-order valence-corrected chi connectivity index (χ3v) is 6.73. The lowest BCUT2D eigenvalue weighted by atomic mass is 10.2. The predicted molar refractivity (Wildman–Crippen MR) is 81.1 cm³/mol. The molecular formula is C14H16N2O2S2. The molecule has 1 unspecified atom stereocenters. The second-order valence-electron chi connectivity index (χ2n) is 4.55. The molecule has 4 nitrogen and oxygen atoms in total. The highest BCUT2D eigenvalue weighted by Gasteiger charge is 2.38. The second kappa shape index (κ2) is 5.55. The standard InChI is InChI=1S/C14H16N2O2S2/c1-11-7-3-4-8-12(11)20(17,18)14(2,15)19-13-9-5-6-10-16-13/h3-10H,15H2,1-2H3. The lowest BCUT2D eigenvalue weighted by Gasteiger charge is -2.24. The van der Waals surface area contributed by atoms with Crippen LogP contribution in [0.15, 0.2) is 58.6 Å². The Morgan fingerprint density at radius 2 is 1.80 bits per heavy atom. The number of nitrogens with zero attached hydrogens (tertiary/aromatic N) is 1. The molecule has 1 heterocycles. The largest absolute Gasteiger partial charge is 0.304 e. The highest BCUT2D eigenvalue weighted by atomic mass is 32.3. The maximum atomic E-state index is 12.7. The van der Waals surface area contributed by atoms with Gasteiger partial charge in [0.2, 0.25) is 9.84 Å². The van der Waals surface area contributed by atoms with Crippen LogP contribution in [0.2, 0.25) is 0 Å². The van der Waals surface area contributed by atoms with Gasteiger partial charge in [-0.2, -0.15) is 0 Å². The summed E-state index contributed by atoms with van der Waals surface area (Å²) in [5.74, 6) is 0. The van der Waals surface area contributed by atoms with E-state index in [9.17, 15) is 8.42 Å². The van der Waals surface area contributed by atoms with Crippen LogP contribution in [0.3, 0.4) is 0 Å². The average molecular weight is 308 g/mol. The van der Waals surface area contributed by atoms with Crippen LogP contribution in [-0.4, -0.2) is 17.6 Å². The molecule has 2 N–H and O–H groups in total. The first kappa shape index (κ1) is 15.0. The Kier molecular flexibility index (Phi) is 4.17. The van der Waals surface area contributed by atoms with Crippen LogP contribution in [0.4, 0.5) is 0 Å². The predicted octanol–water partition coefficient (Wildman–Crippen LogP) is 2.59. The van der Waals surface area contributed by atoms with Crippen LogP contribution >= 0.6 is 11.8 Å². The fraction of sp³-hybridized carbons (Fsp3) is 0.214. The Bertz CT molecular complexity index is 698. The van der Waals surface area contributed by atoms with Gasteiger partial charge >= 0.3 is 0 Å². The fourth-order valence-electron chi connectivity index (χ4n) is 1.75. The summed E-state index contributed by atoms with van der Waals surface area (Å²) in [5.41, 5.74) is 6.75. The average Bonchev–Trinajstić information content (AvgIpc) is 2.39. The van der Waals surface area contributed by atoms with Gasteiger partial charge < -0.3 is 5.73 Å². The molecule has 20 heavy (non-hydrogen) atoms. The van der Waals surface area contributed by atoms with Gasteiger partial charge in [-0.05, 0) is 37.6 Å². The summed E-state index contributed by atoms with van der Waals surface area (Å²) in [6, 6.07) is 12.1. The summed E-state index contributed by atoms with van der Waals surface area (Å²) in [4.78, 5) is 4.37. The van der Waals surface area contributed by atoms with Crippen molar-refractivity contribution in [1.29, 1.82) is 0 Å². The zero-order valence-corrected chi connectivity index (χ0v) is 12.9. The minimum atomic E-state index is -3.67. The van der Waals surface area contributed by atoms with Crippen molar-refractivity contribution in [2.24, 2.45) is 5.73 Å². The normalized spacial score (nSPS) is 14.8. The molecule has 0 aliphatic rings. The molecule has 0 saturated carbocycles. The van der Waals surface area contributed by atoms with Crippen molar-refractivity contribution >= 4 is 21.6 Å². The number of aryl methyl sites for hydroxylation is 1. The van der Waals surface area contributed by atoms with E-state index in [-0.39, 0.29) is 4.90 Å². The Labute approximate surface area is 123 Å². The summed E-state index contributed by atoms with van der Waals surface area (Å²) >= 11 is 1.04. The number of rotatable bonds is 4. The number of thioether (sulfide) groups is 1. The number of sulfone groups is 1. The third-order valence-electron chi connectivity index (χ3n) is 2.86. The van der Waals surface area contributed by atoms with E-state index >= 15 is 0 Å². The van der Waals surface area contributed by atoms with Crippen molar-refractivity contribution in [3.63, 3.8) is 0 Å². The lowest BCUT2D eigenvalue weighted by Crippen LogP contribution is -2.41. The molecular weight excluding hydrogens is 292 g/mol. The van der Waals surface area contributed by atoms with Crippen LogP contribution in [-0.2, 0) is 9.84 Å². The van der Waals surface area contributed by atoms with Gasteiger partial charge in [-0.15, -0.1) is 0 Å². The van der Waals surface area contributed by atoms with E-state index in [0.717, 1.165) is 11.8 Å². The molecule has 0 spiro atoms. The molecule has 1 atom stereocenters. The molecule has 0 radical (unpaired) electrons. The Morgan fingerprint density at radius 3 is 2.40 bits per heavy atom. The third kappa shape index (κ3) is 2.87. The van der Waals surface area contributed by atoms with E-state index in [0.29, 0.717) is 10.6 Å². The molecule has 106 valence electrons. The topological polar surface area (TPSA) is 73.0 Å². The Balaban J connectivity index is 2.40. The SMILES string of the molecule is Cc1ccccc1S(=O)(=O)C(C)(N)Sc1ccccn1. The molecule has 0 aliphatic heterocycles. The van der Waals surface area contributed by atoms with E-state index in [4.69, 9.17) is 5.73 Å². The monoisotopic (exact) mass is 308 g/mol. The second-order valence-corrected chi connectivity index (χ2v) is 8.58. The van der Waals surface area contributed by atoms with Crippen molar-refractivity contribution in [3.05, 3.63) is 54.2 Å². The van der Waals surface area contributed by atoms with Crippen LogP contribution < -0.4 is 5.73 Å². The van der Waals surface area contributed by atoms with Crippen LogP contribution in [0.5, 0.6) is 0 Å². The van der Waals surface area contributed by atoms with Gasteiger partial charge in [-0.25, -0.2) is 13.4 Å². The van der Waals surface area contributed by atoms with Crippen molar-refractivity contribution in [2.75, 3.05) is 0 Å². The van der Waals surface area contributed by atoms with E-state index in [1.807, 2.05) is 0 Å². The molecule has 2 aromatic rings. The number of benzene rings is 1. The van der Waals surface area contributed by atoms with Gasteiger partial charge in [0.25, 0.3) is 0 Å². The van der Waals surface area contributed by atoms with Gasteiger partial charge in [0.1, 0.15) is 0 Å². The van der Waals surface area contributed by atoms with Crippen molar-refractivity contribution in [1.82, 2.24) is 4.98 Å². The van der Waals surface area contributed by atoms with Crippen LogP contribution in [0, 0.1) is 6.92 Å². The highest BCUT2D eigenvalue weighted by molar-refractivity contribution is 8.14. The van der Waals surface area contributed by atoms with Crippen molar-refractivity contribution < 1.29 is 8.42 Å². The Hall–Kier alpha value is -1.37. The molecule has 0 aliphatic carbocycles. The van der Waals surface area contributed by atoms with E-state index in [1.54, 1.807) is 55.6 Å². The van der Waals surface area contributed by atoms with Gasteiger partial charge in [0.15, 0.2) is 4.20 Å². The van der Waals surface area contributed by atoms with Gasteiger partial charge in [0.05, 0.1) is 9.92 Å². The first-order valence-corrected chi connectivity index (χ1v) is 8.34. The first-order chi connectivity index (χ1) is 9.34. The summed E-state index contributed by atoms with van der Waals surface area (Å²) in [7, 11) is -3.67. The van der Waals surface area contributed by atoms with Crippen LogP contribution in [0.25, 0.3) is 0 Å².